The second-order valence-electron chi connectivity index (χ2n) is 10.8. The number of nitrogens with zero attached hydrogens (tertiary/aromatic N) is 1. The van der Waals surface area contributed by atoms with Gasteiger partial charge in [-0.15, -0.1) is 0 Å². The zero-order chi connectivity index (χ0) is 21.6. The van der Waals surface area contributed by atoms with Crippen molar-refractivity contribution in [2.75, 3.05) is 27.2 Å². The Morgan fingerprint density at radius 1 is 1.28 bits per heavy atom. The molecule has 0 saturated heterocycles. The Balaban J connectivity index is 1.78. The molecule has 3 fully saturated rings. The summed E-state index contributed by atoms with van der Waals surface area (Å²) in [5, 5.41) is 10.6. The highest BCUT2D eigenvalue weighted by Crippen LogP contribution is 2.63. The van der Waals surface area contributed by atoms with Gasteiger partial charge in [-0.25, -0.2) is 4.79 Å². The summed E-state index contributed by atoms with van der Waals surface area (Å²) in [6, 6.07) is 0. The first kappa shape index (κ1) is 22.5. The molecule has 0 radical (unpaired) electrons. The fourth-order valence-corrected chi connectivity index (χ4v) is 6.63. The SMILES string of the molecule is C[C@H]1/C(=C/C(=O)OCCN(C)C)CCC2C1C(=O)CC1C(C)(C)[C@@H](O)CC[C@]21C. The highest BCUT2D eigenvalue weighted by Gasteiger charge is 2.61. The van der Waals surface area contributed by atoms with E-state index in [0.717, 1.165) is 31.3 Å². The standard InChI is InChI=1S/C24H39NO4/c1-15-16(13-21(28)29-12-11-25(5)6)7-8-17-22(15)18(26)14-19-23(2,3)20(27)9-10-24(17,19)4/h13,15,17,19-20,22,27H,7-12,14H2,1-6H3/b16-13+/t15-,17?,19?,20-,22?,24+/m0/s1. The van der Waals surface area contributed by atoms with Gasteiger partial charge >= 0.3 is 5.97 Å². The summed E-state index contributed by atoms with van der Waals surface area (Å²) in [5.74, 6) is 0.645. The molecule has 0 aromatic carbocycles. The molecule has 5 nitrogen and oxygen atoms in total. The Kier molecular flexibility index (Phi) is 6.31. The van der Waals surface area contributed by atoms with E-state index in [-0.39, 0.29) is 40.7 Å². The van der Waals surface area contributed by atoms with Gasteiger partial charge in [-0.2, -0.15) is 0 Å². The number of likely N-dealkylation sites (N-methyl/N-ethyl adjacent to an activating group) is 1. The first-order valence-corrected chi connectivity index (χ1v) is 11.2. The van der Waals surface area contributed by atoms with Crippen molar-refractivity contribution in [2.24, 2.45) is 34.5 Å². The maximum atomic E-state index is 13.3. The molecule has 3 aliphatic carbocycles. The third-order valence-corrected chi connectivity index (χ3v) is 8.52. The molecule has 29 heavy (non-hydrogen) atoms. The van der Waals surface area contributed by atoms with Crippen LogP contribution >= 0.6 is 0 Å². The number of ketones is 1. The lowest BCUT2D eigenvalue weighted by Crippen LogP contribution is -2.60. The van der Waals surface area contributed by atoms with Crippen LogP contribution in [-0.2, 0) is 14.3 Å². The van der Waals surface area contributed by atoms with Gasteiger partial charge in [-0.1, -0.05) is 33.3 Å². The van der Waals surface area contributed by atoms with Crippen molar-refractivity contribution >= 4 is 11.8 Å². The molecule has 3 aliphatic rings. The van der Waals surface area contributed by atoms with E-state index < -0.39 is 0 Å². The smallest absolute Gasteiger partial charge is 0.330 e. The highest BCUT2D eigenvalue weighted by atomic mass is 16.5. The summed E-state index contributed by atoms with van der Waals surface area (Å²) in [7, 11) is 3.90. The molecule has 6 atom stereocenters. The first-order valence-electron chi connectivity index (χ1n) is 11.2. The number of rotatable bonds is 4. The number of esters is 1. The largest absolute Gasteiger partial charge is 0.461 e. The van der Waals surface area contributed by atoms with Gasteiger partial charge < -0.3 is 14.7 Å². The summed E-state index contributed by atoms with van der Waals surface area (Å²) < 4.78 is 5.34. The van der Waals surface area contributed by atoms with Gasteiger partial charge in [0, 0.05) is 25.0 Å². The number of aliphatic hydroxyl groups is 1. The van der Waals surface area contributed by atoms with Crippen molar-refractivity contribution in [3.05, 3.63) is 11.6 Å². The number of hydrogen-bond acceptors (Lipinski definition) is 5. The Morgan fingerprint density at radius 2 is 1.97 bits per heavy atom. The maximum Gasteiger partial charge on any atom is 0.330 e. The Labute approximate surface area is 175 Å². The van der Waals surface area contributed by atoms with E-state index in [4.69, 9.17) is 4.74 Å². The molecule has 3 saturated carbocycles. The first-order chi connectivity index (χ1) is 13.5. The van der Waals surface area contributed by atoms with Crippen LogP contribution in [0.5, 0.6) is 0 Å². The van der Waals surface area contributed by atoms with Crippen LogP contribution in [0, 0.1) is 34.5 Å². The Morgan fingerprint density at radius 3 is 2.62 bits per heavy atom. The van der Waals surface area contributed by atoms with Crippen LogP contribution in [0.1, 0.15) is 59.8 Å². The highest BCUT2D eigenvalue weighted by molar-refractivity contribution is 5.86. The normalized spacial score (nSPS) is 40.5. The second kappa shape index (κ2) is 8.14. The monoisotopic (exact) mass is 405 g/mol. The molecule has 164 valence electrons. The number of ether oxygens (including phenoxy) is 1. The predicted octanol–water partition coefficient (Wildman–Crippen LogP) is 3.46. The molecule has 5 heteroatoms. The van der Waals surface area contributed by atoms with E-state index in [1.54, 1.807) is 6.08 Å². The number of fused-ring (bicyclic) bond motifs is 3. The van der Waals surface area contributed by atoms with E-state index in [1.807, 2.05) is 19.0 Å². The van der Waals surface area contributed by atoms with Gasteiger partial charge in [0.15, 0.2) is 0 Å². The number of aliphatic hydroxyl groups excluding tert-OH is 1. The molecule has 0 aromatic rings. The molecule has 1 N–H and O–H groups in total. The van der Waals surface area contributed by atoms with Gasteiger partial charge in [0.2, 0.25) is 0 Å². The molecular weight excluding hydrogens is 366 g/mol. The number of carbonyl (C=O) groups is 2. The minimum atomic E-state index is -0.335. The summed E-state index contributed by atoms with van der Waals surface area (Å²) in [6.07, 6.45) is 5.44. The average Bonchev–Trinajstić information content (AvgIpc) is 2.63. The van der Waals surface area contributed by atoms with E-state index in [9.17, 15) is 14.7 Å². The van der Waals surface area contributed by atoms with E-state index in [2.05, 4.69) is 27.7 Å². The molecule has 0 amide bonds. The molecule has 3 rings (SSSR count). The number of carbonyl (C=O) groups excluding carboxylic acids is 2. The number of Topliss-reactive ketones (excluding diaryl/α,β-unsaturated/α-hetero) is 1. The van der Waals surface area contributed by atoms with Gasteiger partial charge in [-0.05, 0) is 68.4 Å². The molecular formula is C24H39NO4. The zero-order valence-electron chi connectivity index (χ0n) is 19.0. The third kappa shape index (κ3) is 4.05. The van der Waals surface area contributed by atoms with Crippen molar-refractivity contribution in [3.63, 3.8) is 0 Å². The van der Waals surface area contributed by atoms with E-state index >= 15 is 0 Å². The van der Waals surface area contributed by atoms with Crippen LogP contribution in [0.2, 0.25) is 0 Å². The lowest BCUT2D eigenvalue weighted by Gasteiger charge is -2.62. The van der Waals surface area contributed by atoms with Crippen LogP contribution in [-0.4, -0.2) is 55.1 Å². The van der Waals surface area contributed by atoms with Gasteiger partial charge in [0.05, 0.1) is 6.10 Å². The number of hydrogen-bond donors (Lipinski definition) is 1. The van der Waals surface area contributed by atoms with Crippen LogP contribution in [0.25, 0.3) is 0 Å². The Hall–Kier alpha value is -1.20. The zero-order valence-corrected chi connectivity index (χ0v) is 19.0. The minimum absolute atomic E-state index is 0.0168. The topological polar surface area (TPSA) is 66.8 Å². The van der Waals surface area contributed by atoms with Crippen LogP contribution in [0.3, 0.4) is 0 Å². The van der Waals surface area contributed by atoms with Crippen molar-refractivity contribution < 1.29 is 19.4 Å². The third-order valence-electron chi connectivity index (χ3n) is 8.52. The quantitative estimate of drug-likeness (QED) is 0.573. The number of allylic oxidation sites excluding steroid dienone is 1. The summed E-state index contributed by atoms with van der Waals surface area (Å²) >= 11 is 0. The minimum Gasteiger partial charge on any atom is -0.461 e. The fraction of sp³-hybridized carbons (Fsp3) is 0.833. The molecule has 0 heterocycles. The second-order valence-corrected chi connectivity index (χ2v) is 10.8. The van der Waals surface area contributed by atoms with Crippen LogP contribution in [0.15, 0.2) is 11.6 Å². The summed E-state index contributed by atoms with van der Waals surface area (Å²) in [4.78, 5) is 27.5. The summed E-state index contributed by atoms with van der Waals surface area (Å²) in [5.41, 5.74) is 0.905. The molecule has 0 spiro atoms. The van der Waals surface area contributed by atoms with Crippen molar-refractivity contribution in [2.45, 2.75) is 65.9 Å². The van der Waals surface area contributed by atoms with Gasteiger partial charge in [-0.3, -0.25) is 4.79 Å². The Bertz CT molecular complexity index is 682. The lowest BCUT2D eigenvalue weighted by molar-refractivity contribution is -0.172. The van der Waals surface area contributed by atoms with Crippen LogP contribution < -0.4 is 0 Å². The van der Waals surface area contributed by atoms with Gasteiger partial charge in [0.1, 0.15) is 12.4 Å². The fourth-order valence-electron chi connectivity index (χ4n) is 6.63. The molecule has 3 unspecified atom stereocenters. The molecule has 0 bridgehead atoms. The van der Waals surface area contributed by atoms with Crippen molar-refractivity contribution in [1.82, 2.24) is 4.90 Å². The molecule has 0 aliphatic heterocycles. The molecule has 0 aromatic heterocycles. The predicted molar refractivity (Wildman–Crippen MR) is 113 cm³/mol. The van der Waals surface area contributed by atoms with Crippen molar-refractivity contribution in [3.8, 4) is 0 Å². The lowest BCUT2D eigenvalue weighted by atomic mass is 9.42. The maximum absolute atomic E-state index is 13.3. The van der Waals surface area contributed by atoms with Crippen LogP contribution in [0.4, 0.5) is 0 Å². The van der Waals surface area contributed by atoms with E-state index in [0.29, 0.717) is 31.3 Å². The average molecular weight is 406 g/mol. The van der Waals surface area contributed by atoms with Crippen molar-refractivity contribution in [1.29, 1.82) is 0 Å². The van der Waals surface area contributed by atoms with E-state index in [1.165, 1.54) is 0 Å². The van der Waals surface area contributed by atoms with Gasteiger partial charge in [0.25, 0.3) is 0 Å². The summed E-state index contributed by atoms with van der Waals surface area (Å²) in [6.45, 7) is 9.82.